The monoisotopic (exact) mass is 307 g/mol. The average Bonchev–Trinajstić information content (AvgIpc) is 2.57. The summed E-state index contributed by atoms with van der Waals surface area (Å²) in [6.07, 6.45) is 4.69. The van der Waals surface area contributed by atoms with E-state index in [0.717, 1.165) is 24.3 Å². The Morgan fingerprint density at radius 1 is 1.09 bits per heavy atom. The second-order valence-corrected chi connectivity index (χ2v) is 6.50. The second-order valence-electron chi connectivity index (χ2n) is 6.50. The van der Waals surface area contributed by atoms with Crippen molar-refractivity contribution in [3.8, 4) is 5.75 Å². The van der Waals surface area contributed by atoms with Crippen molar-refractivity contribution in [3.05, 3.63) is 65.2 Å². The van der Waals surface area contributed by atoms with Gasteiger partial charge in [-0.3, -0.25) is 0 Å². The largest absolute Gasteiger partial charge is 0.496 e. The van der Waals surface area contributed by atoms with Crippen LogP contribution in [0.1, 0.15) is 23.1 Å². The van der Waals surface area contributed by atoms with E-state index in [9.17, 15) is 0 Å². The summed E-state index contributed by atoms with van der Waals surface area (Å²) in [5.41, 5.74) is 5.45. The Labute approximate surface area is 139 Å². The minimum atomic E-state index is 0.560. The SMILES string of the molecule is COc1ccccc1/C=C1\c2ccccc2CCC1CN(C)C. The van der Waals surface area contributed by atoms with Gasteiger partial charge in [0.05, 0.1) is 7.11 Å². The number of para-hydroxylation sites is 1. The number of fused-ring (bicyclic) bond motifs is 1. The molecule has 2 aromatic rings. The first-order valence-corrected chi connectivity index (χ1v) is 8.26. The smallest absolute Gasteiger partial charge is 0.126 e. The van der Waals surface area contributed by atoms with Gasteiger partial charge >= 0.3 is 0 Å². The van der Waals surface area contributed by atoms with Crippen LogP contribution in [-0.2, 0) is 6.42 Å². The van der Waals surface area contributed by atoms with Crippen molar-refractivity contribution in [2.45, 2.75) is 12.8 Å². The van der Waals surface area contributed by atoms with Gasteiger partial charge in [0.25, 0.3) is 0 Å². The van der Waals surface area contributed by atoms with E-state index < -0.39 is 0 Å². The van der Waals surface area contributed by atoms with Crippen molar-refractivity contribution in [1.82, 2.24) is 4.90 Å². The zero-order valence-corrected chi connectivity index (χ0v) is 14.3. The number of methoxy groups -OCH3 is 1. The minimum absolute atomic E-state index is 0.560. The molecular formula is C21H25NO. The Morgan fingerprint density at radius 2 is 1.83 bits per heavy atom. The van der Waals surface area contributed by atoms with E-state index in [1.165, 1.54) is 23.1 Å². The zero-order chi connectivity index (χ0) is 16.2. The van der Waals surface area contributed by atoms with Crippen LogP contribution in [0.5, 0.6) is 5.75 Å². The van der Waals surface area contributed by atoms with Crippen molar-refractivity contribution >= 4 is 11.6 Å². The molecule has 2 aromatic carbocycles. The molecule has 2 heteroatoms. The highest BCUT2D eigenvalue weighted by molar-refractivity contribution is 5.86. The quantitative estimate of drug-likeness (QED) is 0.832. The number of rotatable bonds is 4. The summed E-state index contributed by atoms with van der Waals surface area (Å²) >= 11 is 0. The van der Waals surface area contributed by atoms with Crippen LogP contribution in [0.4, 0.5) is 0 Å². The zero-order valence-electron chi connectivity index (χ0n) is 14.3. The summed E-state index contributed by atoms with van der Waals surface area (Å²) in [4.78, 5) is 2.29. The third-order valence-corrected chi connectivity index (χ3v) is 4.57. The number of benzene rings is 2. The number of nitrogens with zero attached hydrogens (tertiary/aromatic N) is 1. The normalized spacial score (nSPS) is 19.0. The van der Waals surface area contributed by atoms with Crippen LogP contribution in [0.2, 0.25) is 0 Å². The van der Waals surface area contributed by atoms with E-state index in [0.29, 0.717) is 5.92 Å². The molecule has 1 aliphatic rings. The van der Waals surface area contributed by atoms with Gasteiger partial charge in [0.2, 0.25) is 0 Å². The minimum Gasteiger partial charge on any atom is -0.496 e. The van der Waals surface area contributed by atoms with Crippen LogP contribution in [0.3, 0.4) is 0 Å². The molecule has 23 heavy (non-hydrogen) atoms. The molecule has 0 saturated heterocycles. The van der Waals surface area contributed by atoms with Gasteiger partial charge in [-0.15, -0.1) is 0 Å². The first kappa shape index (κ1) is 15.8. The van der Waals surface area contributed by atoms with Crippen LogP contribution in [0.15, 0.2) is 48.5 Å². The highest BCUT2D eigenvalue weighted by atomic mass is 16.5. The van der Waals surface area contributed by atoms with Gasteiger partial charge < -0.3 is 9.64 Å². The fourth-order valence-electron chi connectivity index (χ4n) is 3.50. The molecule has 0 N–H and O–H groups in total. The van der Waals surface area contributed by atoms with Crippen LogP contribution < -0.4 is 4.74 Å². The molecule has 0 aromatic heterocycles. The number of aryl methyl sites for hydroxylation is 1. The third kappa shape index (κ3) is 3.48. The first-order chi connectivity index (χ1) is 11.2. The van der Waals surface area contributed by atoms with Gasteiger partial charge in [0.15, 0.2) is 0 Å². The van der Waals surface area contributed by atoms with Crippen molar-refractivity contribution in [2.75, 3.05) is 27.7 Å². The van der Waals surface area contributed by atoms with Gasteiger partial charge in [-0.25, -0.2) is 0 Å². The molecule has 0 heterocycles. The molecule has 0 radical (unpaired) electrons. The summed E-state index contributed by atoms with van der Waals surface area (Å²) in [5, 5.41) is 0. The molecule has 120 valence electrons. The van der Waals surface area contributed by atoms with Gasteiger partial charge in [0.1, 0.15) is 5.75 Å². The molecule has 0 saturated carbocycles. The summed E-state index contributed by atoms with van der Waals surface area (Å²) in [5.74, 6) is 1.50. The topological polar surface area (TPSA) is 12.5 Å². The summed E-state index contributed by atoms with van der Waals surface area (Å²) < 4.78 is 5.54. The highest BCUT2D eigenvalue weighted by Gasteiger charge is 2.24. The third-order valence-electron chi connectivity index (χ3n) is 4.57. The molecule has 0 amide bonds. The molecule has 1 atom stereocenters. The van der Waals surface area contributed by atoms with E-state index in [-0.39, 0.29) is 0 Å². The fraction of sp³-hybridized carbons (Fsp3) is 0.333. The van der Waals surface area contributed by atoms with E-state index in [1.54, 1.807) is 7.11 Å². The maximum Gasteiger partial charge on any atom is 0.126 e. The maximum atomic E-state index is 5.54. The van der Waals surface area contributed by atoms with Gasteiger partial charge in [0, 0.05) is 12.1 Å². The highest BCUT2D eigenvalue weighted by Crippen LogP contribution is 2.38. The lowest BCUT2D eigenvalue weighted by molar-refractivity contribution is 0.351. The maximum absolute atomic E-state index is 5.54. The molecular weight excluding hydrogens is 282 g/mol. The van der Waals surface area contributed by atoms with Crippen LogP contribution in [0.25, 0.3) is 11.6 Å². The Bertz CT molecular complexity index is 702. The number of hydrogen-bond donors (Lipinski definition) is 0. The van der Waals surface area contributed by atoms with Crippen molar-refractivity contribution in [3.63, 3.8) is 0 Å². The van der Waals surface area contributed by atoms with Crippen LogP contribution in [-0.4, -0.2) is 32.6 Å². The lowest BCUT2D eigenvalue weighted by Crippen LogP contribution is -2.25. The Balaban J connectivity index is 2.08. The lowest BCUT2D eigenvalue weighted by Gasteiger charge is -2.30. The van der Waals surface area contributed by atoms with Crippen molar-refractivity contribution in [2.24, 2.45) is 5.92 Å². The molecule has 0 spiro atoms. The Morgan fingerprint density at radius 3 is 2.61 bits per heavy atom. The Hall–Kier alpha value is -2.06. The van der Waals surface area contributed by atoms with Crippen LogP contribution >= 0.6 is 0 Å². The molecule has 2 nitrogen and oxygen atoms in total. The van der Waals surface area contributed by atoms with E-state index in [1.807, 2.05) is 12.1 Å². The lowest BCUT2D eigenvalue weighted by atomic mass is 9.78. The standard InChI is InChI=1S/C21H25NO/c1-22(2)15-18-13-12-16-8-4-6-10-19(16)20(18)14-17-9-5-7-11-21(17)23-3/h4-11,14,18H,12-13,15H2,1-3H3/b20-14-. The first-order valence-electron chi connectivity index (χ1n) is 8.26. The predicted octanol–water partition coefficient (Wildman–Crippen LogP) is 4.36. The molecule has 3 rings (SSSR count). The Kier molecular flexibility index (Phi) is 4.82. The molecule has 0 bridgehead atoms. The molecule has 0 aliphatic heterocycles. The summed E-state index contributed by atoms with van der Waals surface area (Å²) in [6.45, 7) is 1.08. The molecule has 0 fully saturated rings. The van der Waals surface area contributed by atoms with E-state index in [4.69, 9.17) is 4.74 Å². The van der Waals surface area contributed by atoms with Crippen molar-refractivity contribution < 1.29 is 4.74 Å². The van der Waals surface area contributed by atoms with Gasteiger partial charge in [-0.2, -0.15) is 0 Å². The predicted molar refractivity (Wildman–Crippen MR) is 97.7 cm³/mol. The second kappa shape index (κ2) is 7.01. The molecule has 1 aliphatic carbocycles. The van der Waals surface area contributed by atoms with Crippen LogP contribution in [0, 0.1) is 5.92 Å². The average molecular weight is 307 g/mol. The van der Waals surface area contributed by atoms with E-state index >= 15 is 0 Å². The van der Waals surface area contributed by atoms with Crippen molar-refractivity contribution in [1.29, 1.82) is 0 Å². The summed E-state index contributed by atoms with van der Waals surface area (Å²) in [6, 6.07) is 17.1. The molecule has 1 unspecified atom stereocenters. The summed E-state index contributed by atoms with van der Waals surface area (Å²) in [7, 11) is 6.05. The van der Waals surface area contributed by atoms with Gasteiger partial charge in [-0.1, -0.05) is 42.5 Å². The fourth-order valence-corrected chi connectivity index (χ4v) is 3.50. The number of hydrogen-bond acceptors (Lipinski definition) is 2. The van der Waals surface area contributed by atoms with E-state index in [2.05, 4.69) is 61.5 Å². The van der Waals surface area contributed by atoms with Gasteiger partial charge in [-0.05, 0) is 61.7 Å². The number of ether oxygens (including phenoxy) is 1.